The predicted molar refractivity (Wildman–Crippen MR) is 72.7 cm³/mol. The lowest BCUT2D eigenvalue weighted by Gasteiger charge is -2.34. The van der Waals surface area contributed by atoms with E-state index in [1.165, 1.54) is 4.88 Å². The molecule has 3 heteroatoms. The molecular formula is C13H24N2S. The molecule has 2 nitrogen and oxygen atoms in total. The van der Waals surface area contributed by atoms with Crippen LogP contribution in [0.3, 0.4) is 0 Å². The van der Waals surface area contributed by atoms with E-state index in [1.54, 1.807) is 0 Å². The molecule has 1 aromatic heterocycles. The van der Waals surface area contributed by atoms with Gasteiger partial charge in [-0.25, -0.2) is 0 Å². The van der Waals surface area contributed by atoms with Crippen LogP contribution in [0.15, 0.2) is 17.5 Å². The number of thiophene rings is 1. The van der Waals surface area contributed by atoms with E-state index in [1.807, 2.05) is 11.3 Å². The number of hydrogen-bond acceptors (Lipinski definition) is 3. The summed E-state index contributed by atoms with van der Waals surface area (Å²) in [5, 5.41) is 2.14. The molecule has 0 fully saturated rings. The fourth-order valence-corrected chi connectivity index (χ4v) is 2.91. The Kier molecular flexibility index (Phi) is 5.46. The van der Waals surface area contributed by atoms with Crippen LogP contribution in [0.2, 0.25) is 0 Å². The van der Waals surface area contributed by atoms with Gasteiger partial charge in [0.2, 0.25) is 0 Å². The molecule has 92 valence electrons. The van der Waals surface area contributed by atoms with Gasteiger partial charge in [0, 0.05) is 18.0 Å². The first kappa shape index (κ1) is 13.7. The highest BCUT2D eigenvalue weighted by atomic mass is 32.1. The minimum Gasteiger partial charge on any atom is -0.330 e. The largest absolute Gasteiger partial charge is 0.330 e. The topological polar surface area (TPSA) is 29.3 Å². The summed E-state index contributed by atoms with van der Waals surface area (Å²) in [4.78, 5) is 3.83. The van der Waals surface area contributed by atoms with E-state index in [2.05, 4.69) is 43.3 Å². The second-order valence-electron chi connectivity index (χ2n) is 4.66. The van der Waals surface area contributed by atoms with E-state index in [0.29, 0.717) is 5.41 Å². The Bertz CT molecular complexity index is 270. The molecule has 2 N–H and O–H groups in total. The summed E-state index contributed by atoms with van der Waals surface area (Å²) in [5.41, 5.74) is 6.22. The van der Waals surface area contributed by atoms with Crippen LogP contribution in [0.1, 0.15) is 31.6 Å². The van der Waals surface area contributed by atoms with Crippen molar-refractivity contribution in [2.75, 3.05) is 20.1 Å². The quantitative estimate of drug-likeness (QED) is 0.794. The van der Waals surface area contributed by atoms with E-state index in [4.69, 9.17) is 5.73 Å². The van der Waals surface area contributed by atoms with Crippen LogP contribution in [0.5, 0.6) is 0 Å². The van der Waals surface area contributed by atoms with E-state index >= 15 is 0 Å². The maximum Gasteiger partial charge on any atom is 0.0325 e. The highest BCUT2D eigenvalue weighted by molar-refractivity contribution is 7.09. The molecule has 0 saturated heterocycles. The van der Waals surface area contributed by atoms with E-state index in [9.17, 15) is 0 Å². The summed E-state index contributed by atoms with van der Waals surface area (Å²) in [6.07, 6.45) is 2.32. The minimum atomic E-state index is 0.298. The molecule has 16 heavy (non-hydrogen) atoms. The Morgan fingerprint density at radius 2 is 2.06 bits per heavy atom. The van der Waals surface area contributed by atoms with Gasteiger partial charge in [0.15, 0.2) is 0 Å². The molecule has 0 amide bonds. The molecule has 0 saturated carbocycles. The minimum absolute atomic E-state index is 0.298. The van der Waals surface area contributed by atoms with Gasteiger partial charge in [-0.05, 0) is 43.3 Å². The molecule has 0 spiro atoms. The molecular weight excluding hydrogens is 216 g/mol. The molecule has 0 aliphatic rings. The molecule has 0 aliphatic carbocycles. The van der Waals surface area contributed by atoms with Gasteiger partial charge in [-0.3, -0.25) is 0 Å². The molecule has 0 unspecified atom stereocenters. The van der Waals surface area contributed by atoms with Gasteiger partial charge in [-0.15, -0.1) is 11.3 Å². The first-order valence-electron chi connectivity index (χ1n) is 6.07. The Morgan fingerprint density at radius 1 is 1.38 bits per heavy atom. The smallest absolute Gasteiger partial charge is 0.0325 e. The number of rotatable bonds is 7. The Morgan fingerprint density at radius 3 is 2.50 bits per heavy atom. The molecule has 0 atom stereocenters. The van der Waals surface area contributed by atoms with Crippen LogP contribution in [0.25, 0.3) is 0 Å². The van der Waals surface area contributed by atoms with E-state index in [0.717, 1.165) is 32.5 Å². The Balaban J connectivity index is 2.51. The zero-order valence-electron chi connectivity index (χ0n) is 10.7. The van der Waals surface area contributed by atoms with E-state index < -0.39 is 0 Å². The van der Waals surface area contributed by atoms with Crippen LogP contribution >= 0.6 is 11.3 Å². The number of nitrogens with zero attached hydrogens (tertiary/aromatic N) is 1. The molecule has 1 heterocycles. The molecule has 1 aromatic rings. The number of hydrogen-bond donors (Lipinski definition) is 1. The normalized spacial score (nSPS) is 12.3. The van der Waals surface area contributed by atoms with Gasteiger partial charge in [0.05, 0.1) is 0 Å². The first-order chi connectivity index (χ1) is 7.65. The predicted octanol–water partition coefficient (Wildman–Crippen LogP) is 2.95. The zero-order chi connectivity index (χ0) is 12.0. The van der Waals surface area contributed by atoms with Gasteiger partial charge in [0.1, 0.15) is 0 Å². The monoisotopic (exact) mass is 240 g/mol. The Labute approximate surface area is 103 Å². The maximum atomic E-state index is 5.93. The second kappa shape index (κ2) is 6.38. The van der Waals surface area contributed by atoms with Crippen molar-refractivity contribution in [3.8, 4) is 0 Å². The highest BCUT2D eigenvalue weighted by Crippen LogP contribution is 2.26. The van der Waals surface area contributed by atoms with Crippen molar-refractivity contribution in [2.45, 2.75) is 33.2 Å². The summed E-state index contributed by atoms with van der Waals surface area (Å²) in [6, 6.07) is 4.31. The van der Waals surface area contributed by atoms with Crippen LogP contribution in [0, 0.1) is 5.41 Å². The van der Waals surface area contributed by atoms with Gasteiger partial charge in [0.25, 0.3) is 0 Å². The molecule has 0 bridgehead atoms. The molecule has 0 aromatic carbocycles. The van der Waals surface area contributed by atoms with Crippen LogP contribution in [-0.4, -0.2) is 25.0 Å². The molecule has 1 rings (SSSR count). The summed E-state index contributed by atoms with van der Waals surface area (Å²) in [7, 11) is 2.19. The lowest BCUT2D eigenvalue weighted by atomic mass is 9.82. The standard InChI is InChI=1S/C13H24N2S/c1-4-13(5-2,10-14)11-15(3)9-12-7-6-8-16-12/h6-8H,4-5,9-11,14H2,1-3H3. The second-order valence-corrected chi connectivity index (χ2v) is 5.70. The SMILES string of the molecule is CCC(CC)(CN)CN(C)Cc1cccs1. The van der Waals surface area contributed by atoms with Gasteiger partial charge in [-0.2, -0.15) is 0 Å². The summed E-state index contributed by atoms with van der Waals surface area (Å²) in [6.45, 7) is 7.41. The maximum absolute atomic E-state index is 5.93. The molecule has 0 radical (unpaired) electrons. The van der Waals surface area contributed by atoms with Gasteiger partial charge < -0.3 is 10.6 Å². The lowest BCUT2D eigenvalue weighted by molar-refractivity contribution is 0.163. The first-order valence-corrected chi connectivity index (χ1v) is 6.94. The fourth-order valence-electron chi connectivity index (χ4n) is 2.12. The van der Waals surface area contributed by atoms with Crippen molar-refractivity contribution in [2.24, 2.45) is 11.1 Å². The van der Waals surface area contributed by atoms with Crippen LogP contribution in [0.4, 0.5) is 0 Å². The van der Waals surface area contributed by atoms with Crippen molar-refractivity contribution < 1.29 is 0 Å². The van der Waals surface area contributed by atoms with Crippen LogP contribution in [-0.2, 0) is 6.54 Å². The van der Waals surface area contributed by atoms with Crippen molar-refractivity contribution in [1.29, 1.82) is 0 Å². The summed E-state index contributed by atoms with van der Waals surface area (Å²) < 4.78 is 0. The van der Waals surface area contributed by atoms with Gasteiger partial charge >= 0.3 is 0 Å². The summed E-state index contributed by atoms with van der Waals surface area (Å²) >= 11 is 1.83. The average Bonchev–Trinajstić information content (AvgIpc) is 2.79. The average molecular weight is 240 g/mol. The summed E-state index contributed by atoms with van der Waals surface area (Å²) in [5.74, 6) is 0. The third kappa shape index (κ3) is 3.58. The van der Waals surface area contributed by atoms with Crippen molar-refractivity contribution in [3.63, 3.8) is 0 Å². The van der Waals surface area contributed by atoms with Crippen molar-refractivity contribution in [3.05, 3.63) is 22.4 Å². The highest BCUT2D eigenvalue weighted by Gasteiger charge is 2.25. The lowest BCUT2D eigenvalue weighted by Crippen LogP contribution is -2.40. The van der Waals surface area contributed by atoms with Gasteiger partial charge in [-0.1, -0.05) is 19.9 Å². The third-order valence-electron chi connectivity index (χ3n) is 3.54. The Hall–Kier alpha value is -0.380. The van der Waals surface area contributed by atoms with Crippen molar-refractivity contribution in [1.82, 2.24) is 4.90 Å². The third-order valence-corrected chi connectivity index (χ3v) is 4.41. The zero-order valence-corrected chi connectivity index (χ0v) is 11.5. The molecule has 0 aliphatic heterocycles. The number of nitrogens with two attached hydrogens (primary N) is 1. The fraction of sp³-hybridized carbons (Fsp3) is 0.692. The van der Waals surface area contributed by atoms with Crippen molar-refractivity contribution >= 4 is 11.3 Å². The van der Waals surface area contributed by atoms with Crippen LogP contribution < -0.4 is 5.73 Å². The van der Waals surface area contributed by atoms with E-state index in [-0.39, 0.29) is 0 Å².